The number of aromatic nitrogens is 1. The number of carboxylic acid groups (broad SMARTS) is 1. The normalized spacial score (nSPS) is 22.5. The summed E-state index contributed by atoms with van der Waals surface area (Å²) in [6.07, 6.45) is 2.73. The van der Waals surface area contributed by atoms with E-state index in [0.29, 0.717) is 24.5 Å². The summed E-state index contributed by atoms with van der Waals surface area (Å²) in [6.45, 7) is 4.49. The van der Waals surface area contributed by atoms with Gasteiger partial charge in [0.25, 0.3) is 0 Å². The van der Waals surface area contributed by atoms with Gasteiger partial charge in [-0.2, -0.15) is 0 Å². The number of aliphatic carboxylic acids is 1. The van der Waals surface area contributed by atoms with Crippen LogP contribution in [-0.4, -0.2) is 40.1 Å². The summed E-state index contributed by atoms with van der Waals surface area (Å²) in [5.74, 6) is -0.824. The van der Waals surface area contributed by atoms with Crippen molar-refractivity contribution in [1.29, 1.82) is 0 Å². The lowest BCUT2D eigenvalue weighted by atomic mass is 9.84. The number of nitrogens with zero attached hydrogens (tertiary/aromatic N) is 2. The van der Waals surface area contributed by atoms with Gasteiger partial charge in [0.1, 0.15) is 0 Å². The summed E-state index contributed by atoms with van der Waals surface area (Å²) in [6, 6.07) is -0.272. The van der Waals surface area contributed by atoms with E-state index in [-0.39, 0.29) is 12.6 Å². The van der Waals surface area contributed by atoms with Crippen LogP contribution in [0.15, 0.2) is 6.20 Å². The molecule has 0 saturated carbocycles. The van der Waals surface area contributed by atoms with Gasteiger partial charge in [-0.3, -0.25) is 10.1 Å². The number of nitrogens with one attached hydrogen (secondary N) is 1. The molecule has 1 fully saturated rings. The molecule has 1 saturated heterocycles. The monoisotopic (exact) mass is 283 g/mol. The fourth-order valence-corrected chi connectivity index (χ4v) is 2.90. The van der Waals surface area contributed by atoms with E-state index in [1.165, 1.54) is 11.3 Å². The Hall–Kier alpha value is -1.63. The lowest BCUT2D eigenvalue weighted by molar-refractivity contribution is -0.148. The summed E-state index contributed by atoms with van der Waals surface area (Å²) in [7, 11) is 0. The van der Waals surface area contributed by atoms with Gasteiger partial charge < -0.3 is 10.0 Å². The minimum absolute atomic E-state index is 0.259. The van der Waals surface area contributed by atoms with Crippen LogP contribution in [0.25, 0.3) is 0 Å². The Kier molecular flexibility index (Phi) is 3.75. The number of thiazole rings is 1. The molecule has 7 heteroatoms. The van der Waals surface area contributed by atoms with Crippen molar-refractivity contribution in [3.05, 3.63) is 11.1 Å². The van der Waals surface area contributed by atoms with Crippen molar-refractivity contribution in [2.75, 3.05) is 18.4 Å². The van der Waals surface area contributed by atoms with Gasteiger partial charge in [-0.05, 0) is 19.8 Å². The quantitative estimate of drug-likeness (QED) is 0.890. The van der Waals surface area contributed by atoms with Crippen LogP contribution in [0.5, 0.6) is 0 Å². The third-order valence-electron chi connectivity index (χ3n) is 3.61. The molecule has 0 radical (unpaired) electrons. The van der Waals surface area contributed by atoms with Crippen LogP contribution in [0.3, 0.4) is 0 Å². The van der Waals surface area contributed by atoms with Crippen molar-refractivity contribution in [2.24, 2.45) is 5.41 Å². The highest BCUT2D eigenvalue weighted by molar-refractivity contribution is 7.15. The molecule has 19 heavy (non-hydrogen) atoms. The smallest absolute Gasteiger partial charge is 0.323 e. The Labute approximate surface area is 115 Å². The summed E-state index contributed by atoms with van der Waals surface area (Å²) in [5.41, 5.74) is -0.796. The summed E-state index contributed by atoms with van der Waals surface area (Å²) in [5, 5.41) is 12.5. The number of carbonyl (C=O) groups excluding carboxylic acids is 1. The van der Waals surface area contributed by atoms with Crippen molar-refractivity contribution in [2.45, 2.75) is 26.7 Å². The van der Waals surface area contributed by atoms with E-state index in [9.17, 15) is 14.7 Å². The number of hydrogen-bond acceptors (Lipinski definition) is 4. The predicted octanol–water partition coefficient (Wildman–Crippen LogP) is 2.17. The van der Waals surface area contributed by atoms with Crippen LogP contribution in [0.1, 0.15) is 24.6 Å². The van der Waals surface area contributed by atoms with Gasteiger partial charge in [0.15, 0.2) is 5.13 Å². The Morgan fingerprint density at radius 1 is 1.63 bits per heavy atom. The molecule has 6 nitrogen and oxygen atoms in total. The van der Waals surface area contributed by atoms with Crippen LogP contribution in [0, 0.1) is 12.3 Å². The van der Waals surface area contributed by atoms with Gasteiger partial charge in [0, 0.05) is 24.2 Å². The number of amides is 2. The standard InChI is InChI=1S/C12H17N3O3S/c1-3-12(9(16)17)4-5-15(7-12)11(18)14-10-13-6-8(2)19-10/h6H,3-5,7H2,1-2H3,(H,16,17)(H,13,14,18). The molecule has 2 amide bonds. The van der Waals surface area contributed by atoms with Gasteiger partial charge >= 0.3 is 12.0 Å². The first-order valence-corrected chi connectivity index (χ1v) is 7.00. The van der Waals surface area contributed by atoms with E-state index in [1.54, 1.807) is 11.1 Å². The highest BCUT2D eigenvalue weighted by Crippen LogP contribution is 2.34. The molecule has 0 aromatic carbocycles. The second kappa shape index (κ2) is 5.16. The average molecular weight is 283 g/mol. The third-order valence-corrected chi connectivity index (χ3v) is 4.43. The molecular weight excluding hydrogens is 266 g/mol. The number of aryl methyl sites for hydroxylation is 1. The van der Waals surface area contributed by atoms with Gasteiger partial charge in [-0.25, -0.2) is 9.78 Å². The second-order valence-electron chi connectivity index (χ2n) is 4.82. The molecular formula is C12H17N3O3S. The third kappa shape index (κ3) is 2.70. The lowest BCUT2D eigenvalue weighted by Gasteiger charge is -2.22. The molecule has 2 rings (SSSR count). The zero-order chi connectivity index (χ0) is 14.0. The lowest BCUT2D eigenvalue weighted by Crippen LogP contribution is -2.38. The van der Waals surface area contributed by atoms with Crippen LogP contribution >= 0.6 is 11.3 Å². The van der Waals surface area contributed by atoms with Gasteiger partial charge in [0.05, 0.1) is 5.41 Å². The number of carbonyl (C=O) groups is 2. The Bertz CT molecular complexity index is 502. The molecule has 1 aliphatic heterocycles. The average Bonchev–Trinajstić information content (AvgIpc) is 2.96. The molecule has 2 heterocycles. The van der Waals surface area contributed by atoms with E-state index in [4.69, 9.17) is 0 Å². The van der Waals surface area contributed by atoms with Crippen molar-refractivity contribution in [3.63, 3.8) is 0 Å². The Morgan fingerprint density at radius 2 is 2.37 bits per heavy atom. The molecule has 0 bridgehead atoms. The topological polar surface area (TPSA) is 82.5 Å². The van der Waals surface area contributed by atoms with E-state index in [2.05, 4.69) is 10.3 Å². The van der Waals surface area contributed by atoms with Crippen LogP contribution in [-0.2, 0) is 4.79 Å². The fourth-order valence-electron chi connectivity index (χ4n) is 2.24. The Morgan fingerprint density at radius 3 is 2.84 bits per heavy atom. The summed E-state index contributed by atoms with van der Waals surface area (Å²) >= 11 is 1.40. The van der Waals surface area contributed by atoms with Crippen molar-refractivity contribution < 1.29 is 14.7 Å². The molecule has 1 aromatic heterocycles. The molecule has 1 aromatic rings. The van der Waals surface area contributed by atoms with E-state index >= 15 is 0 Å². The fraction of sp³-hybridized carbons (Fsp3) is 0.583. The maximum Gasteiger partial charge on any atom is 0.323 e. The maximum atomic E-state index is 12.0. The molecule has 1 unspecified atom stereocenters. The molecule has 0 spiro atoms. The second-order valence-corrected chi connectivity index (χ2v) is 6.05. The highest BCUT2D eigenvalue weighted by Gasteiger charge is 2.44. The minimum Gasteiger partial charge on any atom is -0.481 e. The molecule has 104 valence electrons. The van der Waals surface area contributed by atoms with Gasteiger partial charge in [-0.15, -0.1) is 11.3 Å². The van der Waals surface area contributed by atoms with Gasteiger partial charge in [-0.1, -0.05) is 6.92 Å². The number of hydrogen-bond donors (Lipinski definition) is 2. The van der Waals surface area contributed by atoms with Crippen LogP contribution in [0.4, 0.5) is 9.93 Å². The SMILES string of the molecule is CCC1(C(=O)O)CCN(C(=O)Nc2ncc(C)s2)C1. The van der Waals surface area contributed by atoms with Crippen molar-refractivity contribution >= 4 is 28.5 Å². The zero-order valence-electron chi connectivity index (χ0n) is 11.0. The largest absolute Gasteiger partial charge is 0.481 e. The number of likely N-dealkylation sites (tertiary alicyclic amines) is 1. The van der Waals surface area contributed by atoms with Crippen molar-refractivity contribution in [1.82, 2.24) is 9.88 Å². The maximum absolute atomic E-state index is 12.0. The summed E-state index contributed by atoms with van der Waals surface area (Å²) < 4.78 is 0. The van der Waals surface area contributed by atoms with Crippen LogP contribution < -0.4 is 5.32 Å². The molecule has 0 aliphatic carbocycles. The molecule has 1 aliphatic rings. The van der Waals surface area contributed by atoms with E-state index in [0.717, 1.165) is 4.88 Å². The van der Waals surface area contributed by atoms with Gasteiger partial charge in [0.2, 0.25) is 0 Å². The number of anilines is 1. The molecule has 2 N–H and O–H groups in total. The van der Waals surface area contributed by atoms with Crippen LogP contribution in [0.2, 0.25) is 0 Å². The summed E-state index contributed by atoms with van der Waals surface area (Å²) in [4.78, 5) is 30.0. The number of carboxylic acids is 1. The zero-order valence-corrected chi connectivity index (χ0v) is 11.8. The van der Waals surface area contributed by atoms with Crippen molar-refractivity contribution in [3.8, 4) is 0 Å². The number of urea groups is 1. The first kappa shape index (κ1) is 13.8. The first-order valence-electron chi connectivity index (χ1n) is 6.18. The highest BCUT2D eigenvalue weighted by atomic mass is 32.1. The first-order chi connectivity index (χ1) is 8.97. The number of rotatable bonds is 3. The molecule has 1 atom stereocenters. The van der Waals surface area contributed by atoms with E-state index < -0.39 is 11.4 Å². The van der Waals surface area contributed by atoms with E-state index in [1.807, 2.05) is 13.8 Å². The minimum atomic E-state index is -0.824. The predicted molar refractivity (Wildman–Crippen MR) is 72.4 cm³/mol. The Balaban J connectivity index is 2.00.